The molecule has 2 aromatic carbocycles. The van der Waals surface area contributed by atoms with Crippen LogP contribution in [0.15, 0.2) is 48.5 Å². The van der Waals surface area contributed by atoms with Crippen LogP contribution in [0.1, 0.15) is 15.9 Å². The maximum absolute atomic E-state index is 11.2. The van der Waals surface area contributed by atoms with Crippen molar-refractivity contribution in [1.82, 2.24) is 4.90 Å². The lowest BCUT2D eigenvalue weighted by Gasteiger charge is -2.18. The van der Waals surface area contributed by atoms with E-state index < -0.39 is 5.91 Å². The summed E-state index contributed by atoms with van der Waals surface area (Å²) in [5, 5.41) is 0. The molecule has 0 atom stereocenters. The van der Waals surface area contributed by atoms with Crippen LogP contribution in [-0.4, -0.2) is 38.1 Å². The van der Waals surface area contributed by atoms with Crippen molar-refractivity contribution in [2.24, 2.45) is 5.73 Å². The Kier molecular flexibility index (Phi) is 5.69. The Labute approximate surface area is 131 Å². The molecular formula is C18H22N2O2. The van der Waals surface area contributed by atoms with Crippen LogP contribution < -0.4 is 5.73 Å². The number of ether oxygens (including phenoxy) is 1. The highest BCUT2D eigenvalue weighted by molar-refractivity contribution is 5.93. The second-order valence-electron chi connectivity index (χ2n) is 5.33. The van der Waals surface area contributed by atoms with Crippen LogP contribution in [0.2, 0.25) is 0 Å². The van der Waals surface area contributed by atoms with Crippen LogP contribution in [0, 0.1) is 0 Å². The van der Waals surface area contributed by atoms with Gasteiger partial charge in [0.25, 0.3) is 0 Å². The first-order chi connectivity index (χ1) is 10.6. The highest BCUT2D eigenvalue weighted by atomic mass is 16.5. The number of rotatable bonds is 7. The topological polar surface area (TPSA) is 55.6 Å². The number of nitrogens with two attached hydrogens (primary N) is 1. The van der Waals surface area contributed by atoms with Crippen molar-refractivity contribution in [3.63, 3.8) is 0 Å². The second-order valence-corrected chi connectivity index (χ2v) is 5.33. The summed E-state index contributed by atoms with van der Waals surface area (Å²) in [5.41, 5.74) is 9.31. The Morgan fingerprint density at radius 2 is 1.82 bits per heavy atom. The molecule has 2 N–H and O–H groups in total. The third-order valence-electron chi connectivity index (χ3n) is 3.62. The minimum Gasteiger partial charge on any atom is -0.383 e. The molecule has 0 saturated carbocycles. The zero-order valence-corrected chi connectivity index (χ0v) is 13.1. The van der Waals surface area contributed by atoms with E-state index in [4.69, 9.17) is 10.5 Å². The molecule has 0 aliphatic heterocycles. The molecule has 0 aromatic heterocycles. The highest BCUT2D eigenvalue weighted by Crippen LogP contribution is 2.25. The zero-order chi connectivity index (χ0) is 15.9. The van der Waals surface area contributed by atoms with E-state index in [9.17, 15) is 4.79 Å². The number of likely N-dealkylation sites (N-methyl/N-ethyl adjacent to an activating group) is 1. The van der Waals surface area contributed by atoms with Gasteiger partial charge >= 0.3 is 0 Å². The highest BCUT2D eigenvalue weighted by Gasteiger charge is 2.08. The van der Waals surface area contributed by atoms with E-state index in [1.54, 1.807) is 19.2 Å². The summed E-state index contributed by atoms with van der Waals surface area (Å²) in [7, 11) is 3.79. The van der Waals surface area contributed by atoms with Gasteiger partial charge in [0.1, 0.15) is 0 Å². The van der Waals surface area contributed by atoms with Crippen LogP contribution in [0.25, 0.3) is 11.1 Å². The molecule has 0 fully saturated rings. The molecule has 116 valence electrons. The van der Waals surface area contributed by atoms with Crippen molar-refractivity contribution < 1.29 is 9.53 Å². The van der Waals surface area contributed by atoms with Crippen LogP contribution >= 0.6 is 0 Å². The van der Waals surface area contributed by atoms with Gasteiger partial charge in [-0.2, -0.15) is 0 Å². The molecule has 0 aliphatic carbocycles. The molecule has 4 heteroatoms. The van der Waals surface area contributed by atoms with Gasteiger partial charge in [-0.15, -0.1) is 0 Å². The number of amides is 1. The minimum absolute atomic E-state index is 0.404. The SMILES string of the molecule is COCCN(C)Cc1ccccc1-c1ccc(C(N)=O)cc1. The molecular weight excluding hydrogens is 276 g/mol. The number of hydrogen-bond acceptors (Lipinski definition) is 3. The van der Waals surface area contributed by atoms with E-state index >= 15 is 0 Å². The third-order valence-corrected chi connectivity index (χ3v) is 3.62. The van der Waals surface area contributed by atoms with Gasteiger partial charge in [0.2, 0.25) is 5.91 Å². The van der Waals surface area contributed by atoms with Gasteiger partial charge in [0, 0.05) is 25.8 Å². The van der Waals surface area contributed by atoms with Crippen molar-refractivity contribution in [1.29, 1.82) is 0 Å². The molecule has 0 saturated heterocycles. The van der Waals surface area contributed by atoms with Gasteiger partial charge in [-0.05, 0) is 35.9 Å². The number of nitrogens with zero attached hydrogens (tertiary/aromatic N) is 1. The van der Waals surface area contributed by atoms with Crippen molar-refractivity contribution in [3.8, 4) is 11.1 Å². The number of hydrogen-bond donors (Lipinski definition) is 1. The maximum atomic E-state index is 11.2. The van der Waals surface area contributed by atoms with Crippen molar-refractivity contribution in [2.75, 3.05) is 27.3 Å². The lowest BCUT2D eigenvalue weighted by Crippen LogP contribution is -2.22. The van der Waals surface area contributed by atoms with E-state index in [2.05, 4.69) is 24.1 Å². The molecule has 22 heavy (non-hydrogen) atoms. The second kappa shape index (κ2) is 7.73. The number of benzene rings is 2. The van der Waals surface area contributed by atoms with Crippen LogP contribution in [0.5, 0.6) is 0 Å². The molecule has 2 aromatic rings. The number of carbonyl (C=O) groups excluding carboxylic acids is 1. The predicted octanol–water partition coefficient (Wildman–Crippen LogP) is 2.53. The first-order valence-corrected chi connectivity index (χ1v) is 7.27. The fourth-order valence-corrected chi connectivity index (χ4v) is 2.37. The van der Waals surface area contributed by atoms with E-state index in [0.717, 1.165) is 18.7 Å². The fraction of sp³-hybridized carbons (Fsp3) is 0.278. The van der Waals surface area contributed by atoms with Gasteiger partial charge < -0.3 is 10.5 Å². The lowest BCUT2D eigenvalue weighted by molar-refractivity contribution is 0.100. The first kappa shape index (κ1) is 16.2. The summed E-state index contributed by atoms with van der Waals surface area (Å²) >= 11 is 0. The Morgan fingerprint density at radius 1 is 1.14 bits per heavy atom. The predicted molar refractivity (Wildman–Crippen MR) is 88.6 cm³/mol. The normalized spacial score (nSPS) is 10.9. The quantitative estimate of drug-likeness (QED) is 0.854. The summed E-state index contributed by atoms with van der Waals surface area (Å²) in [6.07, 6.45) is 0. The Bertz CT molecular complexity index is 623. The van der Waals surface area contributed by atoms with Gasteiger partial charge in [-0.25, -0.2) is 0 Å². The Morgan fingerprint density at radius 3 is 2.45 bits per heavy atom. The van der Waals surface area contributed by atoms with Crippen molar-refractivity contribution >= 4 is 5.91 Å². The van der Waals surface area contributed by atoms with E-state index in [0.29, 0.717) is 12.2 Å². The standard InChI is InChI=1S/C18H22N2O2/c1-20(11-12-22-2)13-16-5-3-4-6-17(16)14-7-9-15(10-8-14)18(19)21/h3-10H,11-13H2,1-2H3,(H2,19,21). The minimum atomic E-state index is -0.404. The van der Waals surface area contributed by atoms with Crippen molar-refractivity contribution in [2.45, 2.75) is 6.54 Å². The summed E-state index contributed by atoms with van der Waals surface area (Å²) < 4.78 is 5.12. The molecule has 0 bridgehead atoms. The van der Waals surface area contributed by atoms with Gasteiger partial charge in [0.15, 0.2) is 0 Å². The zero-order valence-electron chi connectivity index (χ0n) is 13.1. The van der Waals surface area contributed by atoms with E-state index in [1.807, 2.05) is 24.3 Å². The molecule has 0 unspecified atom stereocenters. The molecule has 2 rings (SSSR count). The van der Waals surface area contributed by atoms with Crippen LogP contribution in [0.3, 0.4) is 0 Å². The first-order valence-electron chi connectivity index (χ1n) is 7.27. The lowest BCUT2D eigenvalue weighted by atomic mass is 9.98. The van der Waals surface area contributed by atoms with E-state index in [-0.39, 0.29) is 0 Å². The average Bonchev–Trinajstić information content (AvgIpc) is 2.53. The van der Waals surface area contributed by atoms with Gasteiger partial charge in [-0.1, -0.05) is 36.4 Å². The number of carbonyl (C=O) groups is 1. The average molecular weight is 298 g/mol. The smallest absolute Gasteiger partial charge is 0.248 e. The molecule has 0 aliphatic rings. The summed E-state index contributed by atoms with van der Waals surface area (Å²) in [4.78, 5) is 13.4. The Balaban J connectivity index is 2.22. The number of methoxy groups -OCH3 is 1. The molecule has 0 heterocycles. The number of primary amides is 1. The van der Waals surface area contributed by atoms with Crippen LogP contribution in [-0.2, 0) is 11.3 Å². The molecule has 0 radical (unpaired) electrons. The molecule has 0 spiro atoms. The largest absolute Gasteiger partial charge is 0.383 e. The van der Waals surface area contributed by atoms with Gasteiger partial charge in [-0.3, -0.25) is 9.69 Å². The summed E-state index contributed by atoms with van der Waals surface area (Å²) in [6.45, 7) is 2.44. The maximum Gasteiger partial charge on any atom is 0.248 e. The molecule has 4 nitrogen and oxygen atoms in total. The third kappa shape index (κ3) is 4.16. The monoisotopic (exact) mass is 298 g/mol. The summed E-state index contributed by atoms with van der Waals surface area (Å²) in [6, 6.07) is 15.7. The van der Waals surface area contributed by atoms with Gasteiger partial charge in [0.05, 0.1) is 6.61 Å². The molecule has 1 amide bonds. The van der Waals surface area contributed by atoms with E-state index in [1.165, 1.54) is 11.1 Å². The van der Waals surface area contributed by atoms with Crippen molar-refractivity contribution in [3.05, 3.63) is 59.7 Å². The summed E-state index contributed by atoms with van der Waals surface area (Å²) in [5.74, 6) is -0.404. The fourth-order valence-electron chi connectivity index (χ4n) is 2.37. The van der Waals surface area contributed by atoms with Crippen LogP contribution in [0.4, 0.5) is 0 Å². The Hall–Kier alpha value is -2.17.